The van der Waals surface area contributed by atoms with Crippen LogP contribution in [0, 0.1) is 0 Å². The maximum Gasteiger partial charge on any atom is 0.0522 e. The maximum absolute atomic E-state index is 5.25. The summed E-state index contributed by atoms with van der Waals surface area (Å²) in [5, 5.41) is 0. The Morgan fingerprint density at radius 1 is 0.800 bits per heavy atom. The molecule has 0 radical (unpaired) electrons. The van der Waals surface area contributed by atoms with Gasteiger partial charge in [0.05, 0.1) is 12.2 Å². The fourth-order valence-corrected chi connectivity index (χ4v) is 0.544. The molecule has 0 amide bonds. The van der Waals surface area contributed by atoms with Crippen LogP contribution in [0.1, 0.15) is 27.7 Å². The number of hydrogen-bond donors (Lipinski definition) is 0. The summed E-state index contributed by atoms with van der Waals surface area (Å²) in [4.78, 5) is 0. The molecule has 1 nitrogen and oxygen atoms in total. The first-order chi connectivity index (χ1) is 3.13. The van der Waals surface area contributed by atoms with Gasteiger partial charge in [0, 0.05) is 21.7 Å². The van der Waals surface area contributed by atoms with Gasteiger partial charge in [-0.2, -0.15) is 0 Å². The van der Waals surface area contributed by atoms with Crippen LogP contribution in [0.4, 0.5) is 0 Å². The van der Waals surface area contributed by atoms with Gasteiger partial charge in [-0.05, 0) is 27.7 Å². The Hall–Kier alpha value is 1.25. The Morgan fingerprint density at radius 3 is 1.00 bits per heavy atom. The van der Waals surface area contributed by atoms with E-state index < -0.39 is 0 Å². The van der Waals surface area contributed by atoms with Crippen molar-refractivity contribution in [3.8, 4) is 0 Å². The second kappa shape index (κ2) is 12.9. The Labute approximate surface area is 91.0 Å². The van der Waals surface area contributed by atoms with Gasteiger partial charge in [0.1, 0.15) is 0 Å². The van der Waals surface area contributed by atoms with E-state index >= 15 is 0 Å². The summed E-state index contributed by atoms with van der Waals surface area (Å²) in [5.74, 6) is 0. The number of rotatable bonds is 2. The molecule has 0 aromatic carbocycles. The van der Waals surface area contributed by atoms with E-state index in [1.54, 1.807) is 0 Å². The normalized spacial score (nSPS) is 7.80. The van der Waals surface area contributed by atoms with Gasteiger partial charge in [0.2, 0.25) is 0 Å². The molecule has 0 saturated heterocycles. The minimum absolute atomic E-state index is 0. The SMILES string of the molecule is CC(C)OC(C)C.Cl.Cl.[Ti]. The molecule has 0 rings (SSSR count). The largest absolute Gasteiger partial charge is 0.376 e. The van der Waals surface area contributed by atoms with Crippen molar-refractivity contribution < 1.29 is 26.5 Å². The van der Waals surface area contributed by atoms with Crippen LogP contribution in [0.15, 0.2) is 0 Å². The predicted molar refractivity (Wildman–Crippen MR) is 45.9 cm³/mol. The van der Waals surface area contributed by atoms with Crippen molar-refractivity contribution in [2.75, 3.05) is 0 Å². The first-order valence-electron chi connectivity index (χ1n) is 2.78. The van der Waals surface area contributed by atoms with Crippen molar-refractivity contribution in [2.24, 2.45) is 0 Å². The molecule has 0 aliphatic rings. The van der Waals surface area contributed by atoms with Crippen LogP contribution in [-0.4, -0.2) is 12.2 Å². The van der Waals surface area contributed by atoms with Crippen LogP contribution in [-0.2, 0) is 26.5 Å². The summed E-state index contributed by atoms with van der Waals surface area (Å²) in [5.41, 5.74) is 0. The van der Waals surface area contributed by atoms with E-state index in [1.807, 2.05) is 27.7 Å². The summed E-state index contributed by atoms with van der Waals surface area (Å²) >= 11 is 0. The topological polar surface area (TPSA) is 9.23 Å². The average molecular weight is 223 g/mol. The van der Waals surface area contributed by atoms with Gasteiger partial charge in [-0.1, -0.05) is 0 Å². The first kappa shape index (κ1) is 22.5. The molecule has 4 heteroatoms. The van der Waals surface area contributed by atoms with E-state index in [9.17, 15) is 0 Å². The molecule has 0 atom stereocenters. The Kier molecular flexibility index (Phi) is 29.0. The second-order valence-electron chi connectivity index (χ2n) is 2.23. The molecule has 0 N–H and O–H groups in total. The first-order valence-corrected chi connectivity index (χ1v) is 2.78. The van der Waals surface area contributed by atoms with E-state index in [2.05, 4.69) is 0 Å². The molecular weight excluding hydrogens is 207 g/mol. The summed E-state index contributed by atoms with van der Waals surface area (Å²) < 4.78 is 5.25. The van der Waals surface area contributed by atoms with Crippen LogP contribution >= 0.6 is 24.8 Å². The summed E-state index contributed by atoms with van der Waals surface area (Å²) in [7, 11) is 0. The molecule has 0 saturated carbocycles. The third kappa shape index (κ3) is 22.8. The smallest absolute Gasteiger partial charge is 0.0522 e. The summed E-state index contributed by atoms with van der Waals surface area (Å²) in [6.07, 6.45) is 0.750. The third-order valence-electron chi connectivity index (χ3n) is 0.544. The fraction of sp³-hybridized carbons (Fsp3) is 1.00. The Balaban J connectivity index is -0.0000000600. The van der Waals surface area contributed by atoms with Gasteiger partial charge in [-0.15, -0.1) is 24.8 Å². The van der Waals surface area contributed by atoms with Crippen LogP contribution in [0.3, 0.4) is 0 Å². The zero-order chi connectivity index (χ0) is 5.86. The van der Waals surface area contributed by atoms with Gasteiger partial charge in [-0.25, -0.2) is 0 Å². The minimum atomic E-state index is 0. The molecule has 0 bridgehead atoms. The van der Waals surface area contributed by atoms with E-state index in [4.69, 9.17) is 4.74 Å². The van der Waals surface area contributed by atoms with Gasteiger partial charge < -0.3 is 4.74 Å². The Bertz CT molecular complexity index is 45.0. The van der Waals surface area contributed by atoms with E-state index in [0.717, 1.165) is 0 Å². The molecule has 0 aromatic rings. The van der Waals surface area contributed by atoms with Crippen molar-refractivity contribution in [3.05, 3.63) is 0 Å². The quantitative estimate of drug-likeness (QED) is 0.653. The van der Waals surface area contributed by atoms with Gasteiger partial charge in [-0.3, -0.25) is 0 Å². The molecule has 0 spiro atoms. The molecule has 10 heavy (non-hydrogen) atoms. The van der Waals surface area contributed by atoms with Crippen molar-refractivity contribution in [3.63, 3.8) is 0 Å². The van der Waals surface area contributed by atoms with E-state index in [0.29, 0.717) is 12.2 Å². The molecule has 0 aromatic heterocycles. The van der Waals surface area contributed by atoms with E-state index in [-0.39, 0.29) is 46.5 Å². The maximum atomic E-state index is 5.25. The summed E-state index contributed by atoms with van der Waals surface area (Å²) in [6, 6.07) is 0. The van der Waals surface area contributed by atoms with Crippen molar-refractivity contribution in [1.29, 1.82) is 0 Å². The average Bonchev–Trinajstić information content (AvgIpc) is 1.27. The molecule has 0 heterocycles. The second-order valence-corrected chi connectivity index (χ2v) is 2.23. The molecule has 0 fully saturated rings. The Morgan fingerprint density at radius 2 is 1.00 bits per heavy atom. The van der Waals surface area contributed by atoms with Crippen LogP contribution in [0.5, 0.6) is 0 Å². The molecule has 64 valence electrons. The van der Waals surface area contributed by atoms with Gasteiger partial charge >= 0.3 is 0 Å². The van der Waals surface area contributed by atoms with Crippen LogP contribution in [0.2, 0.25) is 0 Å². The van der Waals surface area contributed by atoms with Crippen molar-refractivity contribution >= 4 is 24.8 Å². The van der Waals surface area contributed by atoms with E-state index in [1.165, 1.54) is 0 Å². The molecule has 0 aliphatic carbocycles. The number of ether oxygens (including phenoxy) is 1. The summed E-state index contributed by atoms with van der Waals surface area (Å²) in [6.45, 7) is 8.17. The van der Waals surface area contributed by atoms with Crippen molar-refractivity contribution in [1.82, 2.24) is 0 Å². The standard InChI is InChI=1S/C6H14O.2ClH.Ti/c1-5(2)7-6(3)4;;;/h5-6H,1-4H3;2*1H;. The van der Waals surface area contributed by atoms with Gasteiger partial charge in [0.25, 0.3) is 0 Å². The zero-order valence-corrected chi connectivity index (χ0v) is 10.1. The van der Waals surface area contributed by atoms with Crippen LogP contribution < -0.4 is 0 Å². The third-order valence-corrected chi connectivity index (χ3v) is 0.544. The zero-order valence-electron chi connectivity index (χ0n) is 6.88. The number of hydrogen-bond acceptors (Lipinski definition) is 1. The van der Waals surface area contributed by atoms with Gasteiger partial charge in [0.15, 0.2) is 0 Å². The minimum Gasteiger partial charge on any atom is -0.376 e. The molecule has 0 unspecified atom stereocenters. The van der Waals surface area contributed by atoms with Crippen molar-refractivity contribution in [2.45, 2.75) is 39.9 Å². The molecular formula is C6H16Cl2OTi. The number of halogens is 2. The predicted octanol–water partition coefficient (Wildman–Crippen LogP) is 2.66. The fourth-order valence-electron chi connectivity index (χ4n) is 0.544. The monoisotopic (exact) mass is 222 g/mol. The molecule has 0 aliphatic heterocycles. The van der Waals surface area contributed by atoms with Crippen LogP contribution in [0.25, 0.3) is 0 Å².